The number of hydrogen-bond acceptors (Lipinski definition) is 4. The third-order valence-corrected chi connectivity index (χ3v) is 2.94. The van der Waals surface area contributed by atoms with E-state index in [4.69, 9.17) is 9.84 Å². The molecule has 20 heavy (non-hydrogen) atoms. The van der Waals surface area contributed by atoms with Crippen molar-refractivity contribution in [1.29, 1.82) is 0 Å². The van der Waals surface area contributed by atoms with Gasteiger partial charge in [0, 0.05) is 17.5 Å². The maximum absolute atomic E-state index is 11.0. The first kappa shape index (κ1) is 13.8. The van der Waals surface area contributed by atoms with Crippen LogP contribution < -0.4 is 10.1 Å². The van der Waals surface area contributed by atoms with Crippen molar-refractivity contribution in [1.82, 2.24) is 10.3 Å². The normalized spacial score (nSPS) is 11.8. The van der Waals surface area contributed by atoms with Crippen molar-refractivity contribution >= 4 is 23.3 Å². The third-order valence-electron chi connectivity index (χ3n) is 2.94. The van der Waals surface area contributed by atoms with Crippen molar-refractivity contribution in [2.24, 2.45) is 0 Å². The summed E-state index contributed by atoms with van der Waals surface area (Å²) in [6.07, 6.45) is 0.489. The number of amides is 1. The summed E-state index contributed by atoms with van der Waals surface area (Å²) in [7, 11) is 1.55. The zero-order valence-corrected chi connectivity index (χ0v) is 10.9. The van der Waals surface area contributed by atoms with Crippen LogP contribution in [0, 0.1) is 0 Å². The van der Waals surface area contributed by atoms with Gasteiger partial charge in [0.05, 0.1) is 7.11 Å². The molecule has 2 rings (SSSR count). The first-order chi connectivity index (χ1) is 9.65. The molecule has 1 atom stereocenters. The smallest absolute Gasteiger partial charge is 0.326 e. The second kappa shape index (κ2) is 6.01. The number of para-hydroxylation sites is 1. The lowest BCUT2D eigenvalue weighted by Crippen LogP contribution is -2.37. The SMILES string of the molecule is COc1cccc2ccc(CC(NC=O)C(=O)O)nc12. The van der Waals surface area contributed by atoms with Crippen LogP contribution in [-0.2, 0) is 16.0 Å². The van der Waals surface area contributed by atoms with E-state index in [0.717, 1.165) is 5.39 Å². The quantitative estimate of drug-likeness (QED) is 0.767. The number of nitrogens with zero attached hydrogens (tertiary/aromatic N) is 1. The molecule has 1 aromatic heterocycles. The van der Waals surface area contributed by atoms with Gasteiger partial charge in [-0.2, -0.15) is 0 Å². The highest BCUT2D eigenvalue weighted by molar-refractivity contribution is 5.84. The molecule has 6 nitrogen and oxygen atoms in total. The Bertz CT molecular complexity index is 642. The number of hydrogen-bond donors (Lipinski definition) is 2. The van der Waals surface area contributed by atoms with Crippen LogP contribution in [-0.4, -0.2) is 35.6 Å². The van der Waals surface area contributed by atoms with Crippen LogP contribution in [0.25, 0.3) is 10.9 Å². The molecule has 0 saturated carbocycles. The van der Waals surface area contributed by atoms with Crippen molar-refractivity contribution in [2.45, 2.75) is 12.5 Å². The summed E-state index contributed by atoms with van der Waals surface area (Å²) in [5.41, 5.74) is 1.24. The van der Waals surface area contributed by atoms with Crippen LogP contribution in [0.15, 0.2) is 30.3 Å². The van der Waals surface area contributed by atoms with Gasteiger partial charge in [0.25, 0.3) is 0 Å². The Hall–Kier alpha value is -2.63. The fraction of sp³-hybridized carbons (Fsp3) is 0.214. The summed E-state index contributed by atoms with van der Waals surface area (Å²) in [5, 5.41) is 12.2. The van der Waals surface area contributed by atoms with Gasteiger partial charge in [0.2, 0.25) is 6.41 Å². The number of methoxy groups -OCH3 is 1. The molecule has 0 saturated heterocycles. The number of carboxylic acid groups (broad SMARTS) is 1. The molecule has 1 heterocycles. The maximum atomic E-state index is 11.0. The molecule has 0 spiro atoms. The number of aromatic nitrogens is 1. The van der Waals surface area contributed by atoms with Crippen LogP contribution in [0.1, 0.15) is 5.69 Å². The van der Waals surface area contributed by atoms with Crippen LogP contribution >= 0.6 is 0 Å². The standard InChI is InChI=1S/C14H14N2O4/c1-20-12-4-2-3-9-5-6-10(16-13(9)12)7-11(14(18)19)15-8-17/h2-6,8,11H,7H2,1H3,(H,15,17)(H,18,19). The average molecular weight is 274 g/mol. The van der Waals surface area contributed by atoms with E-state index in [2.05, 4.69) is 10.3 Å². The Morgan fingerprint density at radius 2 is 2.25 bits per heavy atom. The molecule has 2 N–H and O–H groups in total. The largest absolute Gasteiger partial charge is 0.494 e. The van der Waals surface area contributed by atoms with Gasteiger partial charge in [-0.3, -0.25) is 4.79 Å². The Balaban J connectivity index is 2.35. The van der Waals surface area contributed by atoms with Crippen molar-refractivity contribution < 1.29 is 19.4 Å². The molecule has 0 aliphatic carbocycles. The van der Waals surface area contributed by atoms with E-state index in [-0.39, 0.29) is 6.42 Å². The van der Waals surface area contributed by atoms with Crippen LogP contribution in [0.2, 0.25) is 0 Å². The molecule has 0 aliphatic heterocycles. The molecule has 2 aromatic rings. The topological polar surface area (TPSA) is 88.5 Å². The van der Waals surface area contributed by atoms with Gasteiger partial charge in [-0.1, -0.05) is 18.2 Å². The van der Waals surface area contributed by atoms with Crippen molar-refractivity contribution in [3.8, 4) is 5.75 Å². The predicted octanol–water partition coefficient (Wildman–Crippen LogP) is 0.985. The average Bonchev–Trinajstić information content (AvgIpc) is 2.46. The second-order valence-corrected chi connectivity index (χ2v) is 4.21. The van der Waals surface area contributed by atoms with Crippen LogP contribution in [0.3, 0.4) is 0 Å². The molecule has 0 fully saturated rings. The van der Waals surface area contributed by atoms with Crippen LogP contribution in [0.5, 0.6) is 5.75 Å². The first-order valence-corrected chi connectivity index (χ1v) is 6.01. The zero-order valence-electron chi connectivity index (χ0n) is 10.9. The molecular weight excluding hydrogens is 260 g/mol. The summed E-state index contributed by atoms with van der Waals surface area (Å²) < 4.78 is 5.23. The highest BCUT2D eigenvalue weighted by Gasteiger charge is 2.18. The third kappa shape index (κ3) is 2.85. The number of nitrogens with one attached hydrogen (secondary N) is 1. The molecule has 0 radical (unpaired) electrons. The van der Waals surface area contributed by atoms with Gasteiger partial charge < -0.3 is 15.2 Å². The number of aliphatic carboxylic acids is 1. The van der Waals surface area contributed by atoms with Gasteiger partial charge in [-0.25, -0.2) is 9.78 Å². The molecule has 1 amide bonds. The molecule has 1 unspecified atom stereocenters. The minimum Gasteiger partial charge on any atom is -0.494 e. The summed E-state index contributed by atoms with van der Waals surface area (Å²) in [6, 6.07) is 8.14. The second-order valence-electron chi connectivity index (χ2n) is 4.21. The van der Waals surface area contributed by atoms with E-state index in [1.54, 1.807) is 19.2 Å². The van der Waals surface area contributed by atoms with E-state index in [9.17, 15) is 9.59 Å². The Morgan fingerprint density at radius 3 is 2.90 bits per heavy atom. The maximum Gasteiger partial charge on any atom is 0.326 e. The fourth-order valence-electron chi connectivity index (χ4n) is 1.95. The monoisotopic (exact) mass is 274 g/mol. The number of carbonyl (C=O) groups excluding carboxylic acids is 1. The summed E-state index contributed by atoms with van der Waals surface area (Å²) in [5.74, 6) is -0.474. The molecule has 0 bridgehead atoms. The Morgan fingerprint density at radius 1 is 1.45 bits per heavy atom. The van der Waals surface area contributed by atoms with Crippen molar-refractivity contribution in [3.63, 3.8) is 0 Å². The first-order valence-electron chi connectivity index (χ1n) is 6.01. The lowest BCUT2D eigenvalue weighted by molar-refractivity contribution is -0.140. The molecule has 104 valence electrons. The van der Waals surface area contributed by atoms with E-state index in [1.165, 1.54) is 0 Å². The van der Waals surface area contributed by atoms with Crippen LogP contribution in [0.4, 0.5) is 0 Å². The summed E-state index contributed by atoms with van der Waals surface area (Å²) in [6.45, 7) is 0. The summed E-state index contributed by atoms with van der Waals surface area (Å²) in [4.78, 5) is 25.8. The number of carbonyl (C=O) groups is 2. The number of ether oxygens (including phenoxy) is 1. The molecule has 0 aliphatic rings. The zero-order chi connectivity index (χ0) is 14.5. The van der Waals surface area contributed by atoms with Gasteiger partial charge in [0.1, 0.15) is 17.3 Å². The summed E-state index contributed by atoms with van der Waals surface area (Å²) >= 11 is 0. The number of fused-ring (bicyclic) bond motifs is 1. The molecule has 6 heteroatoms. The molecular formula is C14H14N2O4. The Kier molecular flexibility index (Phi) is 4.14. The van der Waals surface area contributed by atoms with Crippen molar-refractivity contribution in [2.75, 3.05) is 7.11 Å². The van der Waals surface area contributed by atoms with E-state index >= 15 is 0 Å². The van der Waals surface area contributed by atoms with E-state index in [0.29, 0.717) is 23.4 Å². The highest BCUT2D eigenvalue weighted by atomic mass is 16.5. The van der Waals surface area contributed by atoms with Gasteiger partial charge in [0.15, 0.2) is 0 Å². The van der Waals surface area contributed by atoms with Gasteiger partial charge in [-0.05, 0) is 12.1 Å². The minimum atomic E-state index is -1.10. The number of rotatable bonds is 6. The predicted molar refractivity (Wildman–Crippen MR) is 72.6 cm³/mol. The molecule has 1 aromatic carbocycles. The van der Waals surface area contributed by atoms with Gasteiger partial charge in [-0.15, -0.1) is 0 Å². The van der Waals surface area contributed by atoms with Gasteiger partial charge >= 0.3 is 5.97 Å². The lowest BCUT2D eigenvalue weighted by atomic mass is 10.1. The van der Waals surface area contributed by atoms with Crippen molar-refractivity contribution in [3.05, 3.63) is 36.0 Å². The van der Waals surface area contributed by atoms with E-state index in [1.807, 2.05) is 18.2 Å². The minimum absolute atomic E-state index is 0.113. The Labute approximate surface area is 115 Å². The fourth-order valence-corrected chi connectivity index (χ4v) is 1.95. The number of pyridine rings is 1. The number of carboxylic acids is 1. The lowest BCUT2D eigenvalue weighted by Gasteiger charge is -2.11. The number of benzene rings is 1. The van der Waals surface area contributed by atoms with E-state index < -0.39 is 12.0 Å². The highest BCUT2D eigenvalue weighted by Crippen LogP contribution is 2.23.